The Kier molecular flexibility index (Phi) is 5.28. The van der Waals surface area contributed by atoms with Gasteiger partial charge in [0.2, 0.25) is 0 Å². The van der Waals surface area contributed by atoms with Gasteiger partial charge in [-0.3, -0.25) is 0 Å². The standard InChI is InChI=1S/C14H11BrClFOS/c15-9-1-4-11(5-2-9)19-8-14(18)12-6-3-10(16)7-13(12)17/h1-7,14,18H,8H2. The number of aliphatic hydroxyl groups excluding tert-OH is 1. The fourth-order valence-corrected chi connectivity index (χ4v) is 2.85. The first-order chi connectivity index (χ1) is 9.06. The molecular formula is C14H11BrClFOS. The van der Waals surface area contributed by atoms with E-state index in [9.17, 15) is 9.50 Å². The van der Waals surface area contributed by atoms with Gasteiger partial charge in [0, 0.05) is 25.7 Å². The summed E-state index contributed by atoms with van der Waals surface area (Å²) in [5, 5.41) is 10.3. The average molecular weight is 362 g/mol. The van der Waals surface area contributed by atoms with Crippen LogP contribution in [0.3, 0.4) is 0 Å². The molecule has 0 aliphatic carbocycles. The summed E-state index contributed by atoms with van der Waals surface area (Å²) in [7, 11) is 0. The lowest BCUT2D eigenvalue weighted by Crippen LogP contribution is -2.03. The number of hydrogen-bond acceptors (Lipinski definition) is 2. The Labute approximate surface area is 128 Å². The van der Waals surface area contributed by atoms with E-state index in [0.29, 0.717) is 10.8 Å². The molecule has 2 aromatic rings. The van der Waals surface area contributed by atoms with Gasteiger partial charge < -0.3 is 5.11 Å². The first kappa shape index (κ1) is 14.9. The normalized spacial score (nSPS) is 12.4. The molecule has 0 radical (unpaired) electrons. The van der Waals surface area contributed by atoms with Crippen LogP contribution < -0.4 is 0 Å². The van der Waals surface area contributed by atoms with Crippen molar-refractivity contribution < 1.29 is 9.50 Å². The lowest BCUT2D eigenvalue weighted by molar-refractivity contribution is 0.199. The van der Waals surface area contributed by atoms with Crippen molar-refractivity contribution in [3.05, 3.63) is 63.3 Å². The zero-order valence-corrected chi connectivity index (χ0v) is 13.0. The highest BCUT2D eigenvalue weighted by Crippen LogP contribution is 2.28. The van der Waals surface area contributed by atoms with Gasteiger partial charge in [-0.15, -0.1) is 11.8 Å². The van der Waals surface area contributed by atoms with Crippen molar-refractivity contribution in [2.24, 2.45) is 0 Å². The lowest BCUT2D eigenvalue weighted by atomic mass is 10.1. The molecule has 1 unspecified atom stereocenters. The van der Waals surface area contributed by atoms with Crippen molar-refractivity contribution in [1.29, 1.82) is 0 Å². The van der Waals surface area contributed by atoms with Crippen LogP contribution in [0.5, 0.6) is 0 Å². The molecule has 1 nitrogen and oxygen atoms in total. The van der Waals surface area contributed by atoms with E-state index in [2.05, 4.69) is 15.9 Å². The zero-order chi connectivity index (χ0) is 13.8. The summed E-state index contributed by atoms with van der Waals surface area (Å²) < 4.78 is 14.6. The van der Waals surface area contributed by atoms with Gasteiger partial charge in [-0.25, -0.2) is 4.39 Å². The fraction of sp³-hybridized carbons (Fsp3) is 0.143. The van der Waals surface area contributed by atoms with Crippen LogP contribution in [-0.4, -0.2) is 10.9 Å². The lowest BCUT2D eigenvalue weighted by Gasteiger charge is -2.12. The molecule has 19 heavy (non-hydrogen) atoms. The van der Waals surface area contributed by atoms with Crippen LogP contribution >= 0.6 is 39.3 Å². The first-order valence-electron chi connectivity index (χ1n) is 5.57. The minimum atomic E-state index is -0.856. The van der Waals surface area contributed by atoms with E-state index in [0.717, 1.165) is 9.37 Å². The molecule has 0 aromatic heterocycles. The summed E-state index contributed by atoms with van der Waals surface area (Å²) in [6, 6.07) is 12.1. The molecule has 0 spiro atoms. The van der Waals surface area contributed by atoms with Gasteiger partial charge in [0.25, 0.3) is 0 Å². The van der Waals surface area contributed by atoms with E-state index in [1.54, 1.807) is 6.07 Å². The molecule has 0 fully saturated rings. The topological polar surface area (TPSA) is 20.2 Å². The van der Waals surface area contributed by atoms with Crippen LogP contribution in [-0.2, 0) is 0 Å². The average Bonchev–Trinajstić information content (AvgIpc) is 2.37. The Hall–Kier alpha value is -0.550. The van der Waals surface area contributed by atoms with Crippen molar-refractivity contribution >= 4 is 39.3 Å². The van der Waals surface area contributed by atoms with Crippen LogP contribution in [0, 0.1) is 5.82 Å². The number of hydrogen-bond donors (Lipinski definition) is 1. The van der Waals surface area contributed by atoms with Gasteiger partial charge in [0.05, 0.1) is 6.10 Å². The minimum Gasteiger partial charge on any atom is -0.387 e. The Morgan fingerprint density at radius 3 is 2.53 bits per heavy atom. The van der Waals surface area contributed by atoms with Gasteiger partial charge in [0.15, 0.2) is 0 Å². The second-order valence-electron chi connectivity index (χ2n) is 3.95. The Morgan fingerprint density at radius 2 is 1.89 bits per heavy atom. The van der Waals surface area contributed by atoms with Gasteiger partial charge in [0.1, 0.15) is 5.82 Å². The SMILES string of the molecule is OC(CSc1ccc(Br)cc1)c1ccc(Cl)cc1F. The van der Waals surface area contributed by atoms with Gasteiger partial charge in [-0.2, -0.15) is 0 Å². The predicted octanol–water partition coefficient (Wildman–Crippen LogP) is 5.07. The molecule has 0 aliphatic heterocycles. The minimum absolute atomic E-state index is 0.272. The molecule has 0 amide bonds. The Morgan fingerprint density at radius 1 is 1.21 bits per heavy atom. The maximum absolute atomic E-state index is 13.6. The quantitative estimate of drug-likeness (QED) is 0.767. The van der Waals surface area contributed by atoms with Crippen molar-refractivity contribution in [3.63, 3.8) is 0 Å². The predicted molar refractivity (Wildman–Crippen MR) is 81.2 cm³/mol. The zero-order valence-electron chi connectivity index (χ0n) is 9.82. The summed E-state index contributed by atoms with van der Waals surface area (Å²) in [5.41, 5.74) is 0.272. The van der Waals surface area contributed by atoms with Crippen molar-refractivity contribution in [2.45, 2.75) is 11.0 Å². The second kappa shape index (κ2) is 6.75. The fourth-order valence-electron chi connectivity index (χ4n) is 1.57. The summed E-state index contributed by atoms with van der Waals surface area (Å²) in [6.45, 7) is 0. The van der Waals surface area contributed by atoms with Crippen molar-refractivity contribution in [2.75, 3.05) is 5.75 Å². The van der Waals surface area contributed by atoms with Crippen molar-refractivity contribution in [1.82, 2.24) is 0 Å². The number of thioether (sulfide) groups is 1. The Bertz CT molecular complexity index is 562. The van der Waals surface area contributed by atoms with Crippen LogP contribution in [0.4, 0.5) is 4.39 Å². The summed E-state index contributed by atoms with van der Waals surface area (Å²) in [4.78, 5) is 1.02. The molecule has 2 aromatic carbocycles. The third-order valence-electron chi connectivity index (χ3n) is 2.54. The highest BCUT2D eigenvalue weighted by atomic mass is 79.9. The molecule has 0 bridgehead atoms. The number of benzene rings is 2. The van der Waals surface area contributed by atoms with E-state index in [-0.39, 0.29) is 5.56 Å². The highest BCUT2D eigenvalue weighted by Gasteiger charge is 2.13. The summed E-state index contributed by atoms with van der Waals surface area (Å²) >= 11 is 10.5. The summed E-state index contributed by atoms with van der Waals surface area (Å²) in [6.07, 6.45) is -0.856. The molecule has 100 valence electrons. The van der Waals surface area contributed by atoms with Gasteiger partial charge in [-0.1, -0.05) is 33.6 Å². The Balaban J connectivity index is 2.01. The molecule has 2 rings (SSSR count). The van der Waals surface area contributed by atoms with Crippen LogP contribution in [0.25, 0.3) is 0 Å². The van der Waals surface area contributed by atoms with E-state index in [1.165, 1.54) is 23.9 Å². The largest absolute Gasteiger partial charge is 0.387 e. The maximum Gasteiger partial charge on any atom is 0.130 e. The highest BCUT2D eigenvalue weighted by molar-refractivity contribution is 9.10. The molecule has 0 saturated heterocycles. The maximum atomic E-state index is 13.6. The van der Waals surface area contributed by atoms with Crippen LogP contribution in [0.15, 0.2) is 51.8 Å². The van der Waals surface area contributed by atoms with Crippen molar-refractivity contribution in [3.8, 4) is 0 Å². The van der Waals surface area contributed by atoms with Gasteiger partial charge in [-0.05, 0) is 36.4 Å². The number of halogens is 3. The smallest absolute Gasteiger partial charge is 0.130 e. The van der Waals surface area contributed by atoms with E-state index < -0.39 is 11.9 Å². The monoisotopic (exact) mass is 360 g/mol. The molecule has 0 heterocycles. The van der Waals surface area contributed by atoms with Gasteiger partial charge >= 0.3 is 0 Å². The van der Waals surface area contributed by atoms with Crippen LogP contribution in [0.1, 0.15) is 11.7 Å². The summed E-state index contributed by atoms with van der Waals surface area (Å²) in [5.74, 6) is -0.0865. The third kappa shape index (κ3) is 4.21. The number of aliphatic hydroxyl groups is 1. The molecular weight excluding hydrogens is 351 g/mol. The van der Waals surface area contributed by atoms with E-state index in [4.69, 9.17) is 11.6 Å². The van der Waals surface area contributed by atoms with E-state index >= 15 is 0 Å². The molecule has 5 heteroatoms. The van der Waals surface area contributed by atoms with Crippen LogP contribution in [0.2, 0.25) is 5.02 Å². The molecule has 0 aliphatic rings. The first-order valence-corrected chi connectivity index (χ1v) is 7.73. The second-order valence-corrected chi connectivity index (χ2v) is 6.39. The van der Waals surface area contributed by atoms with E-state index in [1.807, 2.05) is 24.3 Å². The molecule has 0 saturated carbocycles. The third-order valence-corrected chi connectivity index (χ3v) is 4.39. The molecule has 1 atom stereocenters. The molecule has 1 N–H and O–H groups in total. The number of rotatable bonds is 4.